The second-order valence-electron chi connectivity index (χ2n) is 6.87. The van der Waals surface area contributed by atoms with Gasteiger partial charge in [0.25, 0.3) is 0 Å². The molecule has 0 saturated carbocycles. The molecule has 2 heterocycles. The van der Waals surface area contributed by atoms with E-state index >= 15 is 0 Å². The minimum atomic E-state index is 0.397. The van der Waals surface area contributed by atoms with Gasteiger partial charge in [0.1, 0.15) is 22.4 Å². The molecule has 0 amide bonds. The molecular formula is C16H27BrN4. The van der Waals surface area contributed by atoms with Crippen LogP contribution < -0.4 is 10.2 Å². The van der Waals surface area contributed by atoms with Crippen molar-refractivity contribution in [1.29, 1.82) is 0 Å². The molecule has 0 aliphatic carbocycles. The first-order chi connectivity index (χ1) is 9.93. The second-order valence-corrected chi connectivity index (χ2v) is 7.66. The molecule has 1 aliphatic rings. The molecular weight excluding hydrogens is 328 g/mol. The Morgan fingerprint density at radius 2 is 2.05 bits per heavy atom. The van der Waals surface area contributed by atoms with Crippen molar-refractivity contribution in [3.8, 4) is 0 Å². The molecule has 1 aromatic rings. The third-order valence-corrected chi connectivity index (χ3v) is 5.10. The van der Waals surface area contributed by atoms with Crippen molar-refractivity contribution in [1.82, 2.24) is 9.97 Å². The lowest BCUT2D eigenvalue weighted by Gasteiger charge is -2.30. The molecule has 5 heteroatoms. The van der Waals surface area contributed by atoms with Gasteiger partial charge < -0.3 is 10.2 Å². The molecule has 1 unspecified atom stereocenters. The average molecular weight is 355 g/mol. The highest BCUT2D eigenvalue weighted by molar-refractivity contribution is 9.10. The summed E-state index contributed by atoms with van der Waals surface area (Å²) in [6.07, 6.45) is 5.43. The van der Waals surface area contributed by atoms with Crippen LogP contribution in [0, 0.1) is 11.3 Å². The van der Waals surface area contributed by atoms with Gasteiger partial charge >= 0.3 is 0 Å². The number of hydrogen-bond acceptors (Lipinski definition) is 4. The summed E-state index contributed by atoms with van der Waals surface area (Å²) in [5.74, 6) is 2.70. The van der Waals surface area contributed by atoms with Gasteiger partial charge in [-0.1, -0.05) is 20.8 Å². The minimum Gasteiger partial charge on any atom is -0.369 e. The van der Waals surface area contributed by atoms with Crippen LogP contribution in [0.5, 0.6) is 0 Å². The van der Waals surface area contributed by atoms with Crippen LogP contribution in [0.2, 0.25) is 0 Å². The highest BCUT2D eigenvalue weighted by atomic mass is 79.9. The van der Waals surface area contributed by atoms with E-state index in [1.807, 2.05) is 0 Å². The fourth-order valence-electron chi connectivity index (χ4n) is 3.05. The highest BCUT2D eigenvalue weighted by Crippen LogP contribution is 2.36. The predicted octanol–water partition coefficient (Wildman–Crippen LogP) is 4.32. The van der Waals surface area contributed by atoms with E-state index in [1.54, 1.807) is 6.33 Å². The maximum Gasteiger partial charge on any atom is 0.148 e. The van der Waals surface area contributed by atoms with E-state index in [1.165, 1.54) is 19.3 Å². The lowest BCUT2D eigenvalue weighted by atomic mass is 9.77. The lowest BCUT2D eigenvalue weighted by molar-refractivity contribution is 0.220. The van der Waals surface area contributed by atoms with E-state index in [0.29, 0.717) is 5.41 Å². The van der Waals surface area contributed by atoms with Crippen molar-refractivity contribution in [3.05, 3.63) is 10.8 Å². The van der Waals surface area contributed by atoms with Gasteiger partial charge in [-0.15, -0.1) is 0 Å². The van der Waals surface area contributed by atoms with Crippen LogP contribution in [0.15, 0.2) is 10.8 Å². The van der Waals surface area contributed by atoms with Crippen molar-refractivity contribution in [3.63, 3.8) is 0 Å². The summed E-state index contributed by atoms with van der Waals surface area (Å²) < 4.78 is 0.987. The van der Waals surface area contributed by atoms with Crippen molar-refractivity contribution in [2.75, 3.05) is 29.9 Å². The molecule has 1 atom stereocenters. The zero-order valence-corrected chi connectivity index (χ0v) is 15.2. The Hall–Kier alpha value is -0.840. The summed E-state index contributed by atoms with van der Waals surface area (Å²) in [5.41, 5.74) is 0.397. The van der Waals surface area contributed by atoms with Gasteiger partial charge in [0, 0.05) is 19.6 Å². The number of hydrogen-bond donors (Lipinski definition) is 1. The summed E-state index contributed by atoms with van der Waals surface area (Å²) in [6.45, 7) is 12.2. The topological polar surface area (TPSA) is 41.1 Å². The predicted molar refractivity (Wildman–Crippen MR) is 92.9 cm³/mol. The zero-order valence-electron chi connectivity index (χ0n) is 13.6. The van der Waals surface area contributed by atoms with Crippen LogP contribution in [-0.2, 0) is 0 Å². The Morgan fingerprint density at radius 3 is 2.71 bits per heavy atom. The number of nitrogens with zero attached hydrogens (tertiary/aromatic N) is 3. The summed E-state index contributed by atoms with van der Waals surface area (Å²) >= 11 is 3.67. The third kappa shape index (κ3) is 4.09. The van der Waals surface area contributed by atoms with Gasteiger partial charge in [0.15, 0.2) is 0 Å². The average Bonchev–Trinajstić information content (AvgIpc) is 2.67. The van der Waals surface area contributed by atoms with E-state index in [9.17, 15) is 0 Å². The molecule has 1 N–H and O–H groups in total. The number of anilines is 2. The van der Waals surface area contributed by atoms with Gasteiger partial charge in [0.2, 0.25) is 0 Å². The molecule has 4 nitrogen and oxygen atoms in total. The first-order valence-corrected chi connectivity index (χ1v) is 8.72. The van der Waals surface area contributed by atoms with Crippen LogP contribution in [0.4, 0.5) is 11.6 Å². The quantitative estimate of drug-likeness (QED) is 0.877. The van der Waals surface area contributed by atoms with Crippen molar-refractivity contribution in [2.45, 2.75) is 47.0 Å². The first-order valence-electron chi connectivity index (χ1n) is 7.92. The maximum absolute atomic E-state index is 4.50. The van der Waals surface area contributed by atoms with E-state index in [0.717, 1.165) is 41.7 Å². The Balaban J connectivity index is 2.14. The van der Waals surface area contributed by atoms with Crippen molar-refractivity contribution < 1.29 is 0 Å². The van der Waals surface area contributed by atoms with Gasteiger partial charge in [-0.05, 0) is 53.4 Å². The first kappa shape index (κ1) is 16.5. The fraction of sp³-hybridized carbons (Fsp3) is 0.750. The van der Waals surface area contributed by atoms with Crippen molar-refractivity contribution >= 4 is 27.6 Å². The lowest BCUT2D eigenvalue weighted by Crippen LogP contribution is -2.27. The maximum atomic E-state index is 4.50. The summed E-state index contributed by atoms with van der Waals surface area (Å²) in [6, 6.07) is 0. The molecule has 0 spiro atoms. The van der Waals surface area contributed by atoms with E-state index in [2.05, 4.69) is 63.8 Å². The molecule has 1 fully saturated rings. The van der Waals surface area contributed by atoms with Crippen LogP contribution in [0.3, 0.4) is 0 Å². The van der Waals surface area contributed by atoms with E-state index < -0.39 is 0 Å². The number of halogens is 1. The number of nitrogens with one attached hydrogen (secondary N) is 1. The van der Waals surface area contributed by atoms with Crippen LogP contribution in [-0.4, -0.2) is 29.6 Å². The van der Waals surface area contributed by atoms with Gasteiger partial charge in [0.05, 0.1) is 0 Å². The zero-order chi connectivity index (χ0) is 15.5. The summed E-state index contributed by atoms with van der Waals surface area (Å²) in [4.78, 5) is 11.2. The molecule has 1 aliphatic heterocycles. The normalized spacial score (nSPS) is 20.2. The smallest absolute Gasteiger partial charge is 0.148 e. The standard InChI is InChI=1S/C16H27BrN4/c1-5-18-14-13(17)15(20-11-19-14)21-9-6-7-12(8-10-21)16(2,3)4/h11-12H,5-10H2,1-4H3,(H,18,19,20). The molecule has 0 bridgehead atoms. The molecule has 0 aromatic carbocycles. The molecule has 0 radical (unpaired) electrons. The van der Waals surface area contributed by atoms with E-state index in [4.69, 9.17) is 0 Å². The summed E-state index contributed by atoms with van der Waals surface area (Å²) in [7, 11) is 0. The number of rotatable bonds is 3. The van der Waals surface area contributed by atoms with E-state index in [-0.39, 0.29) is 0 Å². The Labute approximate surface area is 136 Å². The second kappa shape index (κ2) is 6.95. The Morgan fingerprint density at radius 1 is 1.29 bits per heavy atom. The van der Waals surface area contributed by atoms with Gasteiger partial charge in [-0.25, -0.2) is 9.97 Å². The van der Waals surface area contributed by atoms with Crippen LogP contribution in [0.25, 0.3) is 0 Å². The third-order valence-electron chi connectivity index (χ3n) is 4.37. The SMILES string of the molecule is CCNc1ncnc(N2CCCC(C(C)(C)C)CC2)c1Br. The number of aromatic nitrogens is 2. The van der Waals surface area contributed by atoms with Crippen LogP contribution in [0.1, 0.15) is 47.0 Å². The van der Waals surface area contributed by atoms with Gasteiger partial charge in [-0.2, -0.15) is 0 Å². The fourth-order valence-corrected chi connectivity index (χ4v) is 3.64. The molecule has 2 rings (SSSR count). The minimum absolute atomic E-state index is 0.397. The monoisotopic (exact) mass is 354 g/mol. The molecule has 118 valence electrons. The highest BCUT2D eigenvalue weighted by Gasteiger charge is 2.28. The molecule has 1 aromatic heterocycles. The van der Waals surface area contributed by atoms with Gasteiger partial charge in [-0.3, -0.25) is 0 Å². The molecule has 1 saturated heterocycles. The molecule has 21 heavy (non-hydrogen) atoms. The Kier molecular flexibility index (Phi) is 5.47. The largest absolute Gasteiger partial charge is 0.369 e. The summed E-state index contributed by atoms with van der Waals surface area (Å²) in [5, 5.41) is 3.28. The Bertz CT molecular complexity index is 470. The van der Waals surface area contributed by atoms with Crippen molar-refractivity contribution in [2.24, 2.45) is 11.3 Å². The van der Waals surface area contributed by atoms with Crippen LogP contribution >= 0.6 is 15.9 Å².